The third-order valence-electron chi connectivity index (χ3n) is 3.36. The lowest BCUT2D eigenvalue weighted by atomic mass is 10.1. The molecular weight excluding hydrogens is 359 g/mol. The number of nitrogens with zero attached hydrogens (tertiary/aromatic N) is 2. The number of hydrogen-bond acceptors (Lipinski definition) is 7. The van der Waals surface area contributed by atoms with E-state index in [1.165, 1.54) is 24.3 Å². The van der Waals surface area contributed by atoms with Crippen molar-refractivity contribution in [1.29, 1.82) is 0 Å². The van der Waals surface area contributed by atoms with Crippen LogP contribution in [-0.2, 0) is 6.61 Å². The standard InChI is InChI=1S/C18H15FN2O4S/c1-23-14-6-8-15(9-7-14)24-10-17-20-21-18(25-17)26-11-16(22)12-2-4-13(19)5-3-12/h2-9H,10-11H2,1H3. The monoisotopic (exact) mass is 374 g/mol. The Morgan fingerprint density at radius 3 is 2.46 bits per heavy atom. The summed E-state index contributed by atoms with van der Waals surface area (Å²) in [5.74, 6) is 1.27. The number of ether oxygens (including phenoxy) is 2. The molecule has 3 aromatic rings. The van der Waals surface area contributed by atoms with Gasteiger partial charge in [0.15, 0.2) is 12.4 Å². The minimum atomic E-state index is -0.382. The van der Waals surface area contributed by atoms with Gasteiger partial charge >= 0.3 is 0 Å². The van der Waals surface area contributed by atoms with Gasteiger partial charge in [0.1, 0.15) is 17.3 Å². The van der Waals surface area contributed by atoms with Gasteiger partial charge in [-0.15, -0.1) is 10.2 Å². The van der Waals surface area contributed by atoms with Gasteiger partial charge in [-0.1, -0.05) is 11.8 Å². The fourth-order valence-corrected chi connectivity index (χ4v) is 2.69. The first-order valence-electron chi connectivity index (χ1n) is 7.65. The Balaban J connectivity index is 1.49. The summed E-state index contributed by atoms with van der Waals surface area (Å²) in [7, 11) is 1.59. The molecule has 2 aromatic carbocycles. The molecule has 3 rings (SSSR count). The Bertz CT molecular complexity index is 866. The van der Waals surface area contributed by atoms with Crippen molar-refractivity contribution in [2.75, 3.05) is 12.9 Å². The molecule has 134 valence electrons. The van der Waals surface area contributed by atoms with Crippen LogP contribution in [0.2, 0.25) is 0 Å². The maximum Gasteiger partial charge on any atom is 0.277 e. The SMILES string of the molecule is COc1ccc(OCc2nnc(SCC(=O)c3ccc(F)cc3)o2)cc1. The van der Waals surface area contributed by atoms with Crippen LogP contribution in [0.1, 0.15) is 16.2 Å². The predicted molar refractivity (Wildman–Crippen MR) is 93.1 cm³/mol. The van der Waals surface area contributed by atoms with Crippen LogP contribution in [0.3, 0.4) is 0 Å². The number of aromatic nitrogens is 2. The molecule has 0 fully saturated rings. The molecular formula is C18H15FN2O4S. The number of carbonyl (C=O) groups excluding carboxylic acids is 1. The third kappa shape index (κ3) is 4.82. The van der Waals surface area contributed by atoms with E-state index in [4.69, 9.17) is 13.9 Å². The fourth-order valence-electron chi connectivity index (χ4n) is 2.02. The first-order chi connectivity index (χ1) is 12.6. The van der Waals surface area contributed by atoms with Gasteiger partial charge in [0.25, 0.3) is 11.1 Å². The van der Waals surface area contributed by atoms with Crippen molar-refractivity contribution >= 4 is 17.5 Å². The van der Waals surface area contributed by atoms with Gasteiger partial charge in [-0.25, -0.2) is 4.39 Å². The van der Waals surface area contributed by atoms with E-state index < -0.39 is 0 Å². The Kier molecular flexibility index (Phi) is 5.85. The first kappa shape index (κ1) is 17.9. The van der Waals surface area contributed by atoms with Gasteiger partial charge in [-0.3, -0.25) is 4.79 Å². The van der Waals surface area contributed by atoms with E-state index in [9.17, 15) is 9.18 Å². The highest BCUT2D eigenvalue weighted by molar-refractivity contribution is 7.99. The molecule has 0 amide bonds. The van der Waals surface area contributed by atoms with Crippen LogP contribution in [0.15, 0.2) is 58.2 Å². The summed E-state index contributed by atoms with van der Waals surface area (Å²) in [6.45, 7) is 0.117. The molecule has 0 N–H and O–H groups in total. The van der Waals surface area contributed by atoms with Crippen molar-refractivity contribution in [3.8, 4) is 11.5 Å². The lowest BCUT2D eigenvalue weighted by molar-refractivity contribution is 0.102. The molecule has 0 spiro atoms. The summed E-state index contributed by atoms with van der Waals surface area (Å²) in [5.41, 5.74) is 0.432. The van der Waals surface area contributed by atoms with Crippen LogP contribution < -0.4 is 9.47 Å². The predicted octanol–water partition coefficient (Wildman–Crippen LogP) is 3.77. The van der Waals surface area contributed by atoms with Crippen molar-refractivity contribution in [3.63, 3.8) is 0 Å². The minimum Gasteiger partial charge on any atom is -0.497 e. The lowest BCUT2D eigenvalue weighted by Crippen LogP contribution is -2.02. The highest BCUT2D eigenvalue weighted by Crippen LogP contribution is 2.20. The van der Waals surface area contributed by atoms with Crippen molar-refractivity contribution in [1.82, 2.24) is 10.2 Å². The highest BCUT2D eigenvalue weighted by atomic mass is 32.2. The topological polar surface area (TPSA) is 74.5 Å². The van der Waals surface area contributed by atoms with Crippen LogP contribution in [0.4, 0.5) is 4.39 Å². The Morgan fingerprint density at radius 1 is 1.08 bits per heavy atom. The number of ketones is 1. The van der Waals surface area contributed by atoms with Gasteiger partial charge < -0.3 is 13.9 Å². The second-order valence-corrected chi connectivity index (χ2v) is 6.07. The summed E-state index contributed by atoms with van der Waals surface area (Å²) >= 11 is 1.12. The number of carbonyl (C=O) groups is 1. The largest absolute Gasteiger partial charge is 0.497 e. The zero-order valence-electron chi connectivity index (χ0n) is 13.8. The Hall–Kier alpha value is -2.87. The highest BCUT2D eigenvalue weighted by Gasteiger charge is 2.12. The van der Waals surface area contributed by atoms with Crippen LogP contribution in [0.5, 0.6) is 11.5 Å². The smallest absolute Gasteiger partial charge is 0.277 e. The average Bonchev–Trinajstić information content (AvgIpc) is 3.13. The molecule has 6 nitrogen and oxygen atoms in total. The molecule has 0 aliphatic rings. The molecule has 26 heavy (non-hydrogen) atoms. The summed E-state index contributed by atoms with van der Waals surface area (Å²) in [6, 6.07) is 12.5. The molecule has 0 unspecified atom stereocenters. The number of Topliss-reactive ketones (excluding diaryl/α,β-unsaturated/α-hetero) is 1. The molecule has 0 radical (unpaired) electrons. The molecule has 1 aromatic heterocycles. The maximum absolute atomic E-state index is 12.9. The minimum absolute atomic E-state index is 0.117. The average molecular weight is 374 g/mol. The summed E-state index contributed by atoms with van der Waals surface area (Å²) < 4.78 is 28.9. The first-order valence-corrected chi connectivity index (χ1v) is 8.63. The van der Waals surface area contributed by atoms with Gasteiger partial charge in [-0.2, -0.15) is 0 Å². The van der Waals surface area contributed by atoms with Gasteiger partial charge in [0, 0.05) is 5.56 Å². The van der Waals surface area contributed by atoms with Crippen molar-refractivity contribution in [2.24, 2.45) is 0 Å². The maximum atomic E-state index is 12.9. The van der Waals surface area contributed by atoms with Gasteiger partial charge in [0.05, 0.1) is 12.9 Å². The van der Waals surface area contributed by atoms with E-state index in [1.807, 2.05) is 0 Å². The molecule has 8 heteroatoms. The summed E-state index contributed by atoms with van der Waals surface area (Å²) in [4.78, 5) is 12.0. The van der Waals surface area contributed by atoms with Crippen molar-refractivity contribution in [2.45, 2.75) is 11.8 Å². The van der Waals surface area contributed by atoms with E-state index in [0.29, 0.717) is 17.2 Å². The number of hydrogen-bond donors (Lipinski definition) is 0. The van der Waals surface area contributed by atoms with Crippen LogP contribution in [-0.4, -0.2) is 28.8 Å². The molecule has 0 atom stereocenters. The van der Waals surface area contributed by atoms with Crippen molar-refractivity contribution < 1.29 is 23.1 Å². The van der Waals surface area contributed by atoms with Crippen LogP contribution in [0, 0.1) is 5.82 Å². The van der Waals surface area contributed by atoms with Crippen molar-refractivity contribution in [3.05, 3.63) is 65.8 Å². The molecule has 0 aliphatic heterocycles. The fraction of sp³-hybridized carbons (Fsp3) is 0.167. The second kappa shape index (κ2) is 8.48. The number of thioether (sulfide) groups is 1. The third-order valence-corrected chi connectivity index (χ3v) is 4.18. The second-order valence-electron chi connectivity index (χ2n) is 5.14. The summed E-state index contributed by atoms with van der Waals surface area (Å²) in [5, 5.41) is 8.02. The van der Waals surface area contributed by atoms with E-state index in [0.717, 1.165) is 17.5 Å². The zero-order chi connectivity index (χ0) is 18.4. The number of rotatable bonds is 8. The van der Waals surface area contributed by atoms with Crippen LogP contribution in [0.25, 0.3) is 0 Å². The molecule has 0 bridgehead atoms. The number of benzene rings is 2. The van der Waals surface area contributed by atoms with E-state index >= 15 is 0 Å². The van der Waals surface area contributed by atoms with E-state index in [2.05, 4.69) is 10.2 Å². The van der Waals surface area contributed by atoms with Gasteiger partial charge in [0.2, 0.25) is 0 Å². The Labute approximate surface area is 153 Å². The quantitative estimate of drug-likeness (QED) is 0.439. The Morgan fingerprint density at radius 2 is 1.77 bits per heavy atom. The molecule has 0 saturated heterocycles. The zero-order valence-corrected chi connectivity index (χ0v) is 14.7. The molecule has 0 aliphatic carbocycles. The van der Waals surface area contributed by atoms with E-state index in [1.54, 1.807) is 31.4 Å². The normalized spacial score (nSPS) is 10.5. The summed E-state index contributed by atoms with van der Waals surface area (Å²) in [6.07, 6.45) is 0. The molecule has 1 heterocycles. The van der Waals surface area contributed by atoms with E-state index in [-0.39, 0.29) is 29.2 Å². The van der Waals surface area contributed by atoms with Gasteiger partial charge in [-0.05, 0) is 48.5 Å². The van der Waals surface area contributed by atoms with Crippen LogP contribution >= 0.6 is 11.8 Å². The number of halogens is 1. The molecule has 0 saturated carbocycles. The lowest BCUT2D eigenvalue weighted by Gasteiger charge is -2.04. The number of methoxy groups -OCH3 is 1.